The fourth-order valence-electron chi connectivity index (χ4n) is 2.98. The summed E-state index contributed by atoms with van der Waals surface area (Å²) >= 11 is 0. The number of nitrogens with zero attached hydrogens (tertiary/aromatic N) is 3. The largest absolute Gasteiger partial charge is 0.491 e. The molecular formula is C19H26N4O2. The normalized spacial score (nSPS) is 16.8. The lowest BCUT2D eigenvalue weighted by atomic mass is 10.2. The van der Waals surface area contributed by atoms with Gasteiger partial charge in [0.1, 0.15) is 12.4 Å². The van der Waals surface area contributed by atoms with E-state index in [9.17, 15) is 4.79 Å². The van der Waals surface area contributed by atoms with Crippen LogP contribution in [0.3, 0.4) is 0 Å². The van der Waals surface area contributed by atoms with Crippen LogP contribution >= 0.6 is 0 Å². The molecule has 2 heterocycles. The summed E-state index contributed by atoms with van der Waals surface area (Å²) in [6.07, 6.45) is 3.93. The van der Waals surface area contributed by atoms with E-state index in [2.05, 4.69) is 17.3 Å². The van der Waals surface area contributed by atoms with Gasteiger partial charge in [0.15, 0.2) is 0 Å². The van der Waals surface area contributed by atoms with Crippen LogP contribution in [0.5, 0.6) is 5.75 Å². The lowest BCUT2D eigenvalue weighted by molar-refractivity contribution is 0.168. The lowest BCUT2D eigenvalue weighted by Crippen LogP contribution is -2.42. The van der Waals surface area contributed by atoms with Gasteiger partial charge in [-0.25, -0.2) is 4.79 Å². The second kappa shape index (κ2) is 7.59. The maximum atomic E-state index is 12.8. The Morgan fingerprint density at radius 1 is 1.40 bits per heavy atom. The molecule has 0 fully saturated rings. The Morgan fingerprint density at radius 2 is 2.20 bits per heavy atom. The van der Waals surface area contributed by atoms with Crippen molar-refractivity contribution in [1.82, 2.24) is 14.7 Å². The van der Waals surface area contributed by atoms with Crippen LogP contribution in [-0.4, -0.2) is 33.4 Å². The molecule has 0 radical (unpaired) electrons. The van der Waals surface area contributed by atoms with Crippen LogP contribution in [0.4, 0.5) is 10.5 Å². The van der Waals surface area contributed by atoms with Gasteiger partial charge in [0, 0.05) is 12.1 Å². The number of aromatic nitrogens is 2. The lowest BCUT2D eigenvalue weighted by Gasteiger charge is -2.26. The number of para-hydroxylation sites is 1. The van der Waals surface area contributed by atoms with Crippen LogP contribution < -0.4 is 10.1 Å². The van der Waals surface area contributed by atoms with Gasteiger partial charge in [-0.15, -0.1) is 0 Å². The molecule has 2 aromatic rings. The molecule has 0 saturated carbocycles. The summed E-state index contributed by atoms with van der Waals surface area (Å²) in [5.41, 5.74) is 2.78. The molecule has 0 saturated heterocycles. The molecule has 6 nitrogen and oxygen atoms in total. The Kier molecular flexibility index (Phi) is 5.26. The number of rotatable bonds is 4. The first-order valence-corrected chi connectivity index (χ1v) is 8.91. The number of benzene rings is 1. The quantitative estimate of drug-likeness (QED) is 0.919. The first-order valence-electron chi connectivity index (χ1n) is 8.91. The van der Waals surface area contributed by atoms with Gasteiger partial charge >= 0.3 is 6.03 Å². The molecular weight excluding hydrogens is 316 g/mol. The van der Waals surface area contributed by atoms with Crippen molar-refractivity contribution < 1.29 is 9.53 Å². The number of fused-ring (bicyclic) bond motifs is 1. The van der Waals surface area contributed by atoms with Crippen LogP contribution in [0, 0.1) is 6.92 Å². The van der Waals surface area contributed by atoms with Gasteiger partial charge in [-0.3, -0.25) is 4.68 Å². The van der Waals surface area contributed by atoms with E-state index in [-0.39, 0.29) is 12.1 Å². The number of anilines is 1. The molecule has 25 heavy (non-hydrogen) atoms. The molecule has 1 unspecified atom stereocenters. The Labute approximate surface area is 148 Å². The third kappa shape index (κ3) is 3.78. The summed E-state index contributed by atoms with van der Waals surface area (Å²) in [5.74, 6) is 0.855. The summed E-state index contributed by atoms with van der Waals surface area (Å²) in [5, 5.41) is 7.40. The van der Waals surface area contributed by atoms with Crippen LogP contribution in [0.25, 0.3) is 0 Å². The van der Waals surface area contributed by atoms with Crippen molar-refractivity contribution in [2.24, 2.45) is 0 Å². The fraction of sp³-hybridized carbons (Fsp3) is 0.474. The van der Waals surface area contributed by atoms with Crippen molar-refractivity contribution in [1.29, 1.82) is 0 Å². The minimum atomic E-state index is -0.119. The first-order chi connectivity index (χ1) is 12.1. The third-order valence-electron chi connectivity index (χ3n) is 4.65. The highest BCUT2D eigenvalue weighted by atomic mass is 16.5. The van der Waals surface area contributed by atoms with Crippen LogP contribution in [0.15, 0.2) is 30.5 Å². The molecule has 1 aliphatic rings. The molecule has 1 aromatic carbocycles. The van der Waals surface area contributed by atoms with E-state index in [1.807, 2.05) is 47.7 Å². The minimum Gasteiger partial charge on any atom is -0.491 e. The second-order valence-corrected chi connectivity index (χ2v) is 6.55. The Balaban J connectivity index is 1.73. The Hall–Kier alpha value is -2.50. The van der Waals surface area contributed by atoms with Crippen LogP contribution in [-0.2, 0) is 13.1 Å². The number of nitrogens with one attached hydrogen (secondary N) is 1. The molecule has 0 bridgehead atoms. The number of amides is 2. The zero-order valence-corrected chi connectivity index (χ0v) is 15.2. The first kappa shape index (κ1) is 17.3. The molecule has 1 atom stereocenters. The second-order valence-electron chi connectivity index (χ2n) is 6.55. The average Bonchev–Trinajstić information content (AvgIpc) is 2.85. The van der Waals surface area contributed by atoms with E-state index in [1.54, 1.807) is 6.20 Å². The fourth-order valence-corrected chi connectivity index (χ4v) is 2.98. The minimum absolute atomic E-state index is 0.0113. The topological polar surface area (TPSA) is 59.4 Å². The van der Waals surface area contributed by atoms with Gasteiger partial charge in [0.25, 0.3) is 0 Å². The zero-order chi connectivity index (χ0) is 17.8. The summed E-state index contributed by atoms with van der Waals surface area (Å²) in [6.45, 7) is 8.04. The van der Waals surface area contributed by atoms with E-state index in [1.165, 1.54) is 0 Å². The van der Waals surface area contributed by atoms with E-state index < -0.39 is 0 Å². The van der Waals surface area contributed by atoms with Gasteiger partial charge in [0.05, 0.1) is 30.2 Å². The van der Waals surface area contributed by atoms with Crippen molar-refractivity contribution in [3.05, 3.63) is 41.7 Å². The van der Waals surface area contributed by atoms with Crippen molar-refractivity contribution in [2.75, 3.05) is 11.9 Å². The predicted octanol–water partition coefficient (Wildman–Crippen LogP) is 3.81. The maximum Gasteiger partial charge on any atom is 0.322 e. The molecule has 0 aliphatic carbocycles. The van der Waals surface area contributed by atoms with Crippen molar-refractivity contribution in [3.8, 4) is 5.75 Å². The smallest absolute Gasteiger partial charge is 0.322 e. The number of hydrogen-bond donors (Lipinski definition) is 1. The number of ether oxygens (including phenoxy) is 1. The molecule has 1 aliphatic heterocycles. The molecule has 2 amide bonds. The van der Waals surface area contributed by atoms with Gasteiger partial charge < -0.3 is 15.0 Å². The summed E-state index contributed by atoms with van der Waals surface area (Å²) in [4.78, 5) is 14.7. The van der Waals surface area contributed by atoms with Crippen LogP contribution in [0.1, 0.15) is 37.9 Å². The molecule has 1 N–H and O–H groups in total. The summed E-state index contributed by atoms with van der Waals surface area (Å²) in [7, 11) is 0. The number of carbonyl (C=O) groups is 1. The van der Waals surface area contributed by atoms with E-state index in [0.29, 0.717) is 13.2 Å². The monoisotopic (exact) mass is 342 g/mol. The summed E-state index contributed by atoms with van der Waals surface area (Å²) in [6, 6.07) is 7.74. The third-order valence-corrected chi connectivity index (χ3v) is 4.65. The highest BCUT2D eigenvalue weighted by Gasteiger charge is 2.26. The number of aryl methyl sites for hydroxylation is 1. The van der Waals surface area contributed by atoms with Crippen LogP contribution in [0.2, 0.25) is 0 Å². The van der Waals surface area contributed by atoms with Crippen molar-refractivity contribution in [2.45, 2.75) is 52.7 Å². The molecule has 1 aromatic heterocycles. The number of urea groups is 1. The van der Waals surface area contributed by atoms with E-state index in [0.717, 1.165) is 42.1 Å². The van der Waals surface area contributed by atoms with Gasteiger partial charge in [-0.05, 0) is 26.3 Å². The SMILES string of the molecule is CCCCn1ncc(NC(=O)N2Cc3ccccc3OCC2C)c1C. The van der Waals surface area contributed by atoms with Gasteiger partial charge in [0.2, 0.25) is 0 Å². The Bertz CT molecular complexity index is 741. The highest BCUT2D eigenvalue weighted by Crippen LogP contribution is 2.25. The van der Waals surface area contributed by atoms with Crippen molar-refractivity contribution in [3.63, 3.8) is 0 Å². The molecule has 3 rings (SSSR count). The predicted molar refractivity (Wildman–Crippen MR) is 97.8 cm³/mol. The van der Waals surface area contributed by atoms with E-state index >= 15 is 0 Å². The number of unbranched alkanes of at least 4 members (excludes halogenated alkanes) is 1. The average molecular weight is 342 g/mol. The van der Waals surface area contributed by atoms with Gasteiger partial charge in [-0.1, -0.05) is 31.5 Å². The standard InChI is InChI=1S/C19H26N4O2/c1-4-5-10-23-15(3)17(11-20-23)21-19(24)22-12-16-8-6-7-9-18(16)25-13-14(22)2/h6-9,11,14H,4-5,10,12-13H2,1-3H3,(H,21,24). The molecule has 0 spiro atoms. The molecule has 134 valence electrons. The number of hydrogen-bond acceptors (Lipinski definition) is 3. The molecule has 6 heteroatoms. The van der Waals surface area contributed by atoms with Crippen molar-refractivity contribution >= 4 is 11.7 Å². The zero-order valence-electron chi connectivity index (χ0n) is 15.2. The van der Waals surface area contributed by atoms with E-state index in [4.69, 9.17) is 4.74 Å². The maximum absolute atomic E-state index is 12.8. The summed E-state index contributed by atoms with van der Waals surface area (Å²) < 4.78 is 7.77. The van der Waals surface area contributed by atoms with Gasteiger partial charge in [-0.2, -0.15) is 5.10 Å². The number of carbonyl (C=O) groups excluding carboxylic acids is 1. The Morgan fingerprint density at radius 3 is 3.00 bits per heavy atom. The highest BCUT2D eigenvalue weighted by molar-refractivity contribution is 5.90.